The summed E-state index contributed by atoms with van der Waals surface area (Å²) in [6, 6.07) is -2.05. The second-order valence-electron chi connectivity index (χ2n) is 9.48. The smallest absolute Gasteiger partial charge is 0.405 e. The number of hydrogen-bond acceptors (Lipinski definition) is 6. The third-order valence-corrected chi connectivity index (χ3v) is 3.98. The zero-order valence-corrected chi connectivity index (χ0v) is 20.9. The van der Waals surface area contributed by atoms with Crippen LogP contribution in [0, 0.1) is 0 Å². The lowest BCUT2D eigenvalue weighted by Gasteiger charge is -2.24. The first-order valence-electron chi connectivity index (χ1n) is 11.1. The molecule has 2 atom stereocenters. The van der Waals surface area contributed by atoms with Crippen molar-refractivity contribution in [3.05, 3.63) is 12.2 Å². The summed E-state index contributed by atoms with van der Waals surface area (Å²) in [7, 11) is 0. The number of carbonyl (C=O) groups is 4. The average molecular weight is 489 g/mol. The number of amides is 4. The van der Waals surface area contributed by atoms with Crippen LogP contribution in [-0.2, 0) is 19.1 Å². The van der Waals surface area contributed by atoms with Crippen LogP contribution in [0.3, 0.4) is 0 Å². The molecule has 34 heavy (non-hydrogen) atoms. The molecule has 0 aliphatic heterocycles. The number of ether oxygens (including phenoxy) is 2. The first-order chi connectivity index (χ1) is 15.6. The van der Waals surface area contributed by atoms with Gasteiger partial charge in [0.05, 0.1) is 24.4 Å². The lowest BCUT2D eigenvalue weighted by molar-refractivity contribution is -0.127. The van der Waals surface area contributed by atoms with Gasteiger partial charge in [0.15, 0.2) is 0 Å². The van der Waals surface area contributed by atoms with E-state index in [-0.39, 0.29) is 13.2 Å². The molecule has 12 nitrogen and oxygen atoms in total. The van der Waals surface area contributed by atoms with Gasteiger partial charge in [-0.05, 0) is 54.4 Å². The van der Waals surface area contributed by atoms with Crippen LogP contribution in [0.15, 0.2) is 12.2 Å². The van der Waals surface area contributed by atoms with E-state index in [0.717, 1.165) is 0 Å². The van der Waals surface area contributed by atoms with Crippen molar-refractivity contribution in [2.24, 2.45) is 0 Å². The lowest BCUT2D eigenvalue weighted by atomic mass is 10.2. The lowest BCUT2D eigenvalue weighted by Crippen LogP contribution is -2.50. The Bertz CT molecular complexity index is 640. The predicted molar refractivity (Wildman–Crippen MR) is 126 cm³/mol. The fraction of sp³-hybridized carbons (Fsp3) is 0.727. The molecule has 0 unspecified atom stereocenters. The van der Waals surface area contributed by atoms with Gasteiger partial charge in [-0.15, -0.1) is 0 Å². The molecule has 0 aliphatic rings. The Morgan fingerprint density at radius 1 is 0.706 bits per heavy atom. The summed E-state index contributed by atoms with van der Waals surface area (Å²) in [4.78, 5) is 46.3. The van der Waals surface area contributed by atoms with Crippen LogP contribution in [0.2, 0.25) is 0 Å². The summed E-state index contributed by atoms with van der Waals surface area (Å²) in [5.74, 6) is -0.969. The molecular weight excluding hydrogens is 448 g/mol. The first kappa shape index (κ1) is 31.1. The second-order valence-corrected chi connectivity index (χ2v) is 9.48. The van der Waals surface area contributed by atoms with Crippen molar-refractivity contribution in [1.29, 1.82) is 0 Å². The van der Waals surface area contributed by atoms with Gasteiger partial charge in [-0.2, -0.15) is 0 Å². The topological polar surface area (TPSA) is 175 Å². The average Bonchev–Trinajstić information content (AvgIpc) is 2.68. The van der Waals surface area contributed by atoms with Crippen LogP contribution < -0.4 is 21.3 Å². The number of carbonyl (C=O) groups excluding carboxylic acids is 2. The molecule has 0 aromatic heterocycles. The van der Waals surface area contributed by atoms with E-state index in [9.17, 15) is 19.2 Å². The Labute approximate surface area is 200 Å². The molecule has 6 N–H and O–H groups in total. The molecule has 0 aromatic rings. The zero-order chi connectivity index (χ0) is 26.4. The van der Waals surface area contributed by atoms with E-state index in [1.807, 2.05) is 12.2 Å². The highest BCUT2D eigenvalue weighted by Gasteiger charge is 2.24. The number of carboxylic acid groups (broad SMARTS) is 2. The monoisotopic (exact) mass is 488 g/mol. The minimum absolute atomic E-state index is 0.0876. The maximum absolute atomic E-state index is 12.2. The van der Waals surface area contributed by atoms with Crippen molar-refractivity contribution >= 4 is 24.0 Å². The van der Waals surface area contributed by atoms with E-state index in [4.69, 9.17) is 19.7 Å². The first-order valence-corrected chi connectivity index (χ1v) is 11.1. The quantitative estimate of drug-likeness (QED) is 0.157. The van der Waals surface area contributed by atoms with E-state index in [2.05, 4.69) is 21.3 Å². The van der Waals surface area contributed by atoms with E-state index in [1.54, 1.807) is 41.5 Å². The summed E-state index contributed by atoms with van der Waals surface area (Å²) in [5.41, 5.74) is -1.03. The van der Waals surface area contributed by atoms with Gasteiger partial charge in [-0.1, -0.05) is 12.2 Å². The highest BCUT2D eigenvalue weighted by atomic mass is 16.5. The molecule has 0 heterocycles. The summed E-state index contributed by atoms with van der Waals surface area (Å²) in [6.07, 6.45) is 2.00. The molecule has 0 spiro atoms. The largest absolute Gasteiger partial charge is 0.465 e. The fourth-order valence-corrected chi connectivity index (χ4v) is 2.37. The normalized spacial score (nSPS) is 13.7. The van der Waals surface area contributed by atoms with Crippen molar-refractivity contribution < 1.29 is 38.9 Å². The van der Waals surface area contributed by atoms with E-state index < -0.39 is 47.3 Å². The van der Waals surface area contributed by atoms with Gasteiger partial charge in [0.2, 0.25) is 11.8 Å². The van der Waals surface area contributed by atoms with Crippen LogP contribution in [0.5, 0.6) is 0 Å². The second kappa shape index (κ2) is 15.1. The number of rotatable bonds is 14. The van der Waals surface area contributed by atoms with Gasteiger partial charge in [0, 0.05) is 13.1 Å². The summed E-state index contributed by atoms with van der Waals surface area (Å²) in [6.45, 7) is 11.2. The molecule has 0 aromatic carbocycles. The molecule has 0 rings (SSSR count). The van der Waals surface area contributed by atoms with Crippen molar-refractivity contribution in [3.8, 4) is 0 Å². The van der Waals surface area contributed by atoms with Gasteiger partial charge < -0.3 is 41.0 Å². The molecule has 0 saturated carbocycles. The van der Waals surface area contributed by atoms with E-state index in [0.29, 0.717) is 25.9 Å². The Kier molecular flexibility index (Phi) is 13.8. The molecule has 0 aliphatic carbocycles. The highest BCUT2D eigenvalue weighted by Crippen LogP contribution is 2.08. The molecular formula is C22H40N4O8. The predicted octanol–water partition coefficient (Wildman–Crippen LogP) is 1.46. The molecule has 4 amide bonds. The summed E-state index contributed by atoms with van der Waals surface area (Å²) in [5, 5.41) is 27.4. The molecule has 0 fully saturated rings. The molecule has 12 heteroatoms. The minimum atomic E-state index is -1.31. The molecule has 196 valence electrons. The third-order valence-electron chi connectivity index (χ3n) is 3.98. The number of nitrogens with one attached hydrogen (secondary N) is 4. The highest BCUT2D eigenvalue weighted by molar-refractivity contribution is 5.85. The van der Waals surface area contributed by atoms with Crippen LogP contribution in [0.1, 0.15) is 54.4 Å². The van der Waals surface area contributed by atoms with E-state index >= 15 is 0 Å². The Balaban J connectivity index is 4.33. The molecule has 0 saturated heterocycles. The SMILES string of the molecule is CC(C)(C)OC[C@H](NC(=O)O)C(=O)NCCC=CCCNC(=O)[C@H](COC(C)(C)C)NC(=O)O. The van der Waals surface area contributed by atoms with Crippen molar-refractivity contribution in [3.63, 3.8) is 0 Å². The van der Waals surface area contributed by atoms with E-state index in [1.165, 1.54) is 0 Å². The minimum Gasteiger partial charge on any atom is -0.465 e. The van der Waals surface area contributed by atoms with Crippen LogP contribution in [-0.4, -0.2) is 83.8 Å². The Morgan fingerprint density at radius 2 is 1.03 bits per heavy atom. The van der Waals surface area contributed by atoms with Gasteiger partial charge in [-0.3, -0.25) is 9.59 Å². The van der Waals surface area contributed by atoms with Crippen molar-refractivity contribution in [2.75, 3.05) is 26.3 Å². The van der Waals surface area contributed by atoms with Gasteiger partial charge >= 0.3 is 12.2 Å². The van der Waals surface area contributed by atoms with Gasteiger partial charge in [0.25, 0.3) is 0 Å². The third kappa shape index (κ3) is 17.7. The number of hydrogen-bond donors (Lipinski definition) is 6. The van der Waals surface area contributed by atoms with Gasteiger partial charge in [0.1, 0.15) is 12.1 Å². The fourth-order valence-electron chi connectivity index (χ4n) is 2.37. The Morgan fingerprint density at radius 3 is 1.29 bits per heavy atom. The maximum atomic E-state index is 12.2. The van der Waals surface area contributed by atoms with Crippen molar-refractivity contribution in [1.82, 2.24) is 21.3 Å². The van der Waals surface area contributed by atoms with Crippen LogP contribution in [0.25, 0.3) is 0 Å². The van der Waals surface area contributed by atoms with Crippen LogP contribution >= 0.6 is 0 Å². The maximum Gasteiger partial charge on any atom is 0.405 e. The van der Waals surface area contributed by atoms with Gasteiger partial charge in [-0.25, -0.2) is 9.59 Å². The summed E-state index contributed by atoms with van der Waals surface area (Å²) >= 11 is 0. The Hall–Kier alpha value is -2.86. The zero-order valence-electron chi connectivity index (χ0n) is 20.9. The summed E-state index contributed by atoms with van der Waals surface area (Å²) < 4.78 is 11.0. The molecule has 0 radical (unpaired) electrons. The van der Waals surface area contributed by atoms with Crippen LogP contribution in [0.4, 0.5) is 9.59 Å². The standard InChI is InChI=1S/C22H40N4O8/c1-21(2,3)33-13-15(25-19(29)30)17(27)23-11-9-7-8-10-12-24-18(28)16(26-20(31)32)14-34-22(4,5)6/h7-8,15-16,25-26H,9-14H2,1-6H3,(H,23,27)(H,24,28)(H,29,30)(H,31,32)/t15-,16-/m0/s1. The van der Waals surface area contributed by atoms with Crippen molar-refractivity contribution in [2.45, 2.75) is 77.7 Å². The molecule has 0 bridgehead atoms.